The molecule has 146 valence electrons. The summed E-state index contributed by atoms with van der Waals surface area (Å²) >= 11 is 0. The minimum atomic E-state index is -4.13. The highest BCUT2D eigenvalue weighted by Crippen LogP contribution is 2.42. The number of imidazole rings is 1. The lowest BCUT2D eigenvalue weighted by molar-refractivity contribution is -0.230. The van der Waals surface area contributed by atoms with E-state index in [1.54, 1.807) is 27.7 Å². The molecule has 5 atom stereocenters. The van der Waals surface area contributed by atoms with Crippen molar-refractivity contribution < 1.29 is 36.3 Å². The fourth-order valence-corrected chi connectivity index (χ4v) is 4.33. The number of hydrogen-bond donors (Lipinski definition) is 0. The van der Waals surface area contributed by atoms with Gasteiger partial charge in [0.25, 0.3) is 0 Å². The van der Waals surface area contributed by atoms with Crippen molar-refractivity contribution in [2.45, 2.75) is 70.0 Å². The van der Waals surface area contributed by atoms with E-state index in [1.807, 2.05) is 0 Å². The van der Waals surface area contributed by atoms with Gasteiger partial charge in [-0.05, 0) is 27.7 Å². The van der Waals surface area contributed by atoms with Crippen LogP contribution in [0.1, 0.15) is 27.7 Å². The lowest BCUT2D eigenvalue weighted by Gasteiger charge is -2.28. The molecule has 26 heavy (non-hydrogen) atoms. The fraction of sp³-hybridized carbons (Fsp3) is 0.800. The molecular formula is C15H22N2O8S. The Hall–Kier alpha value is -1.08. The normalized spacial score (nSPS) is 38.5. The van der Waals surface area contributed by atoms with Crippen molar-refractivity contribution in [1.29, 1.82) is 0 Å². The molecule has 0 spiro atoms. The van der Waals surface area contributed by atoms with Crippen LogP contribution in [0.15, 0.2) is 18.7 Å². The molecular weight excluding hydrogens is 368 g/mol. The number of nitrogens with zero attached hydrogens (tertiary/aromatic N) is 2. The minimum Gasteiger partial charge on any atom is -0.348 e. The molecule has 3 fully saturated rings. The Morgan fingerprint density at radius 2 is 1.88 bits per heavy atom. The van der Waals surface area contributed by atoms with Crippen molar-refractivity contribution in [2.75, 3.05) is 6.61 Å². The zero-order valence-corrected chi connectivity index (χ0v) is 15.7. The first-order valence-corrected chi connectivity index (χ1v) is 9.67. The van der Waals surface area contributed by atoms with Crippen molar-refractivity contribution in [1.82, 2.24) is 8.96 Å². The summed E-state index contributed by atoms with van der Waals surface area (Å²) in [5, 5.41) is 0. The van der Waals surface area contributed by atoms with Crippen LogP contribution >= 0.6 is 0 Å². The summed E-state index contributed by atoms with van der Waals surface area (Å²) in [7, 11) is -4.13. The van der Waals surface area contributed by atoms with Crippen LogP contribution in [0.5, 0.6) is 0 Å². The molecule has 0 saturated carbocycles. The van der Waals surface area contributed by atoms with Gasteiger partial charge in [-0.15, -0.1) is 0 Å². The van der Waals surface area contributed by atoms with Gasteiger partial charge in [0.05, 0.1) is 6.61 Å². The van der Waals surface area contributed by atoms with Gasteiger partial charge in [0, 0.05) is 12.4 Å². The molecule has 0 amide bonds. The van der Waals surface area contributed by atoms with Gasteiger partial charge in [-0.25, -0.2) is 13.1 Å². The molecule has 4 rings (SSSR count). The van der Waals surface area contributed by atoms with Gasteiger partial charge < -0.3 is 23.7 Å². The van der Waals surface area contributed by atoms with Crippen molar-refractivity contribution in [3.8, 4) is 0 Å². The summed E-state index contributed by atoms with van der Waals surface area (Å²) in [6.07, 6.45) is 0.0800. The monoisotopic (exact) mass is 390 g/mol. The van der Waals surface area contributed by atoms with Crippen molar-refractivity contribution in [2.24, 2.45) is 0 Å². The third-order valence-electron chi connectivity index (χ3n) is 4.39. The lowest BCUT2D eigenvalue weighted by atomic mass is 10.1. The third kappa shape index (κ3) is 3.28. The van der Waals surface area contributed by atoms with E-state index >= 15 is 0 Å². The average molecular weight is 390 g/mol. The smallest absolute Gasteiger partial charge is 0.348 e. The molecule has 0 aromatic carbocycles. The number of fused-ring (bicyclic) bond motifs is 1. The highest BCUT2D eigenvalue weighted by Gasteiger charge is 2.60. The van der Waals surface area contributed by atoms with Crippen LogP contribution in [0.2, 0.25) is 0 Å². The van der Waals surface area contributed by atoms with Crippen LogP contribution in [0.25, 0.3) is 0 Å². The van der Waals surface area contributed by atoms with E-state index in [1.165, 1.54) is 12.4 Å². The SMILES string of the molecule is CC1(C)OCC([C@H]2O[C@@H]3OC(C)(C)O[C@@H]3C2OS(=O)(=O)n2ccnc2)O1. The molecule has 3 aliphatic rings. The Kier molecular flexibility index (Phi) is 4.19. The van der Waals surface area contributed by atoms with Gasteiger partial charge in [0.2, 0.25) is 0 Å². The van der Waals surface area contributed by atoms with E-state index in [-0.39, 0.29) is 6.61 Å². The van der Waals surface area contributed by atoms with Crippen LogP contribution in [-0.4, -0.2) is 66.3 Å². The largest absolute Gasteiger partial charge is 0.367 e. The second kappa shape index (κ2) is 5.96. The molecule has 1 aromatic rings. The van der Waals surface area contributed by atoms with Gasteiger partial charge in [0.15, 0.2) is 17.9 Å². The molecule has 10 nitrogen and oxygen atoms in total. The van der Waals surface area contributed by atoms with E-state index in [9.17, 15) is 8.42 Å². The Morgan fingerprint density at radius 3 is 2.50 bits per heavy atom. The fourth-order valence-electron chi connectivity index (χ4n) is 3.36. The van der Waals surface area contributed by atoms with Crippen LogP contribution < -0.4 is 0 Å². The standard InChI is InChI=1S/C15H22N2O8S/c1-14(2)20-7-9(22-14)10-11(12-13(21-10)24-15(3,4)23-12)25-26(18,19)17-6-5-16-8-17/h5-6,8-13H,7H2,1-4H3/t9?,10-,11?,12-,13-/m1/s1. The summed E-state index contributed by atoms with van der Waals surface area (Å²) < 4.78 is 60.3. The third-order valence-corrected chi connectivity index (χ3v) is 5.59. The van der Waals surface area contributed by atoms with Crippen LogP contribution in [0, 0.1) is 0 Å². The molecule has 3 aliphatic heterocycles. The Morgan fingerprint density at radius 1 is 1.12 bits per heavy atom. The maximum Gasteiger partial charge on any atom is 0.367 e. The number of aromatic nitrogens is 2. The summed E-state index contributed by atoms with van der Waals surface area (Å²) in [4.78, 5) is 3.74. The van der Waals surface area contributed by atoms with Crippen molar-refractivity contribution >= 4 is 10.3 Å². The zero-order chi connectivity index (χ0) is 18.7. The molecule has 0 N–H and O–H groups in total. The van der Waals surface area contributed by atoms with Crippen LogP contribution in [0.3, 0.4) is 0 Å². The summed E-state index contributed by atoms with van der Waals surface area (Å²) in [5.74, 6) is -1.70. The molecule has 0 bridgehead atoms. The highest BCUT2D eigenvalue weighted by atomic mass is 32.2. The predicted molar refractivity (Wildman–Crippen MR) is 85.0 cm³/mol. The number of hydrogen-bond acceptors (Lipinski definition) is 9. The maximum atomic E-state index is 12.6. The van der Waals surface area contributed by atoms with Crippen molar-refractivity contribution in [3.63, 3.8) is 0 Å². The van der Waals surface area contributed by atoms with Crippen molar-refractivity contribution in [3.05, 3.63) is 18.7 Å². The van der Waals surface area contributed by atoms with Crippen LogP contribution in [-0.2, 0) is 38.2 Å². The van der Waals surface area contributed by atoms with Gasteiger partial charge >= 0.3 is 10.3 Å². The predicted octanol–water partition coefficient (Wildman–Crippen LogP) is 0.389. The second-order valence-corrected chi connectivity index (χ2v) is 8.82. The average Bonchev–Trinajstić information content (AvgIpc) is 3.24. The van der Waals surface area contributed by atoms with E-state index < -0.39 is 52.6 Å². The molecule has 3 saturated heterocycles. The van der Waals surface area contributed by atoms with Gasteiger partial charge in [0.1, 0.15) is 30.7 Å². The first-order valence-electron chi connectivity index (χ1n) is 8.31. The summed E-state index contributed by atoms with van der Waals surface area (Å²) in [6, 6.07) is 0. The Bertz CT molecular complexity index is 763. The number of rotatable bonds is 4. The maximum absolute atomic E-state index is 12.6. The lowest BCUT2D eigenvalue weighted by Crippen LogP contribution is -2.45. The first kappa shape index (κ1) is 18.3. The van der Waals surface area contributed by atoms with E-state index in [0.717, 1.165) is 10.3 Å². The molecule has 0 radical (unpaired) electrons. The van der Waals surface area contributed by atoms with E-state index in [0.29, 0.717) is 0 Å². The van der Waals surface area contributed by atoms with Gasteiger partial charge in [-0.1, -0.05) is 0 Å². The second-order valence-electron chi connectivity index (χ2n) is 7.35. The highest BCUT2D eigenvalue weighted by molar-refractivity contribution is 7.85. The zero-order valence-electron chi connectivity index (χ0n) is 14.9. The first-order chi connectivity index (χ1) is 12.1. The Labute approximate surface area is 151 Å². The molecule has 1 aromatic heterocycles. The number of ether oxygens (including phenoxy) is 5. The molecule has 0 aliphatic carbocycles. The summed E-state index contributed by atoms with van der Waals surface area (Å²) in [6.45, 7) is 7.24. The summed E-state index contributed by atoms with van der Waals surface area (Å²) in [5.41, 5.74) is 0. The van der Waals surface area contributed by atoms with Gasteiger partial charge in [-0.2, -0.15) is 8.42 Å². The molecule has 11 heteroatoms. The molecule has 4 heterocycles. The van der Waals surface area contributed by atoms with Gasteiger partial charge in [-0.3, -0.25) is 0 Å². The minimum absolute atomic E-state index is 0.242. The molecule has 2 unspecified atom stereocenters. The van der Waals surface area contributed by atoms with E-state index in [2.05, 4.69) is 4.98 Å². The van der Waals surface area contributed by atoms with E-state index in [4.69, 9.17) is 27.9 Å². The Balaban J connectivity index is 1.60. The van der Waals surface area contributed by atoms with Crippen LogP contribution in [0.4, 0.5) is 0 Å². The topological polar surface area (TPSA) is 107 Å². The quantitative estimate of drug-likeness (QED) is 0.721.